The van der Waals surface area contributed by atoms with Gasteiger partial charge in [0, 0.05) is 6.42 Å². The fourth-order valence-electron chi connectivity index (χ4n) is 11.7. The van der Waals surface area contributed by atoms with Crippen LogP contribution in [0.4, 0.5) is 0 Å². The van der Waals surface area contributed by atoms with E-state index in [1.54, 1.807) is 6.08 Å². The monoisotopic (exact) mass is 1080 g/mol. The first-order chi connectivity index (χ1) is 38.2. The molecule has 77 heavy (non-hydrogen) atoms. The number of nitrogens with one attached hydrogen (secondary N) is 1. The van der Waals surface area contributed by atoms with E-state index >= 15 is 0 Å². The van der Waals surface area contributed by atoms with Crippen LogP contribution in [-0.2, 0) is 4.79 Å². The zero-order valence-electron chi connectivity index (χ0n) is 53.0. The van der Waals surface area contributed by atoms with Gasteiger partial charge in [0.1, 0.15) is 0 Å². The lowest BCUT2D eigenvalue weighted by atomic mass is 10.0. The minimum atomic E-state index is -0.839. The van der Waals surface area contributed by atoms with Gasteiger partial charge in [-0.1, -0.05) is 391 Å². The summed E-state index contributed by atoms with van der Waals surface area (Å²) in [7, 11) is 0. The van der Waals surface area contributed by atoms with Gasteiger partial charge in [-0.05, 0) is 44.9 Å². The summed E-state index contributed by atoms with van der Waals surface area (Å²) in [4.78, 5) is 12.5. The third-order valence-electron chi connectivity index (χ3n) is 17.2. The van der Waals surface area contributed by atoms with Gasteiger partial charge >= 0.3 is 0 Å². The average molecular weight is 1080 g/mol. The summed E-state index contributed by atoms with van der Waals surface area (Å²) in [5.74, 6) is -0.0541. The van der Waals surface area contributed by atoms with Crippen molar-refractivity contribution in [3.05, 3.63) is 24.3 Å². The molecule has 4 nitrogen and oxygen atoms in total. The van der Waals surface area contributed by atoms with Crippen molar-refractivity contribution in [2.45, 2.75) is 431 Å². The second kappa shape index (κ2) is 69.1. The molecule has 0 rings (SSSR count). The normalized spacial score (nSPS) is 12.7. The van der Waals surface area contributed by atoms with Gasteiger partial charge < -0.3 is 15.5 Å². The molecule has 0 saturated carbocycles. The number of hydrogen-bond donors (Lipinski definition) is 3. The number of amides is 1. The largest absolute Gasteiger partial charge is 0.394 e. The highest BCUT2D eigenvalue weighted by molar-refractivity contribution is 5.76. The van der Waals surface area contributed by atoms with E-state index in [2.05, 4.69) is 31.3 Å². The number of aliphatic hydroxyl groups is 2. The first kappa shape index (κ1) is 75.9. The highest BCUT2D eigenvalue weighted by Crippen LogP contribution is 2.19. The zero-order valence-corrected chi connectivity index (χ0v) is 53.0. The maximum atomic E-state index is 12.5. The molecule has 0 saturated heterocycles. The van der Waals surface area contributed by atoms with Crippen LogP contribution >= 0.6 is 0 Å². The van der Waals surface area contributed by atoms with Gasteiger partial charge in [0.15, 0.2) is 0 Å². The van der Waals surface area contributed by atoms with Crippen molar-refractivity contribution < 1.29 is 15.0 Å². The fraction of sp³-hybridized carbons (Fsp3) is 0.932. The summed E-state index contributed by atoms with van der Waals surface area (Å²) < 4.78 is 0. The van der Waals surface area contributed by atoms with E-state index < -0.39 is 12.1 Å². The van der Waals surface area contributed by atoms with Crippen molar-refractivity contribution in [1.29, 1.82) is 0 Å². The van der Waals surface area contributed by atoms with E-state index in [-0.39, 0.29) is 12.5 Å². The van der Waals surface area contributed by atoms with E-state index in [9.17, 15) is 15.0 Å². The quantitative estimate of drug-likeness (QED) is 0.0420. The van der Waals surface area contributed by atoms with Crippen LogP contribution in [0.1, 0.15) is 418 Å². The Morgan fingerprint density at radius 2 is 0.494 bits per heavy atom. The average Bonchev–Trinajstić information content (AvgIpc) is 3.43. The molecule has 0 aromatic carbocycles. The highest BCUT2D eigenvalue weighted by atomic mass is 16.3. The van der Waals surface area contributed by atoms with Crippen molar-refractivity contribution >= 4 is 5.91 Å². The van der Waals surface area contributed by atoms with Crippen LogP contribution in [0, 0.1) is 0 Å². The number of rotatable bonds is 68. The van der Waals surface area contributed by atoms with Crippen LogP contribution in [0.5, 0.6) is 0 Å². The Kier molecular flexibility index (Phi) is 68.1. The van der Waals surface area contributed by atoms with Gasteiger partial charge in [-0.3, -0.25) is 4.79 Å². The lowest BCUT2D eigenvalue weighted by Gasteiger charge is -2.20. The van der Waals surface area contributed by atoms with E-state index in [1.165, 1.54) is 372 Å². The molecule has 1 amide bonds. The molecule has 0 aliphatic carbocycles. The van der Waals surface area contributed by atoms with Gasteiger partial charge in [-0.25, -0.2) is 0 Å². The minimum absolute atomic E-state index is 0.0541. The molecule has 0 bridgehead atoms. The Hall–Kier alpha value is -1.13. The molecule has 0 aromatic rings. The molecule has 2 atom stereocenters. The maximum Gasteiger partial charge on any atom is 0.220 e. The summed E-state index contributed by atoms with van der Waals surface area (Å²) in [6.07, 6.45) is 94.3. The van der Waals surface area contributed by atoms with E-state index in [4.69, 9.17) is 0 Å². The van der Waals surface area contributed by atoms with E-state index in [0.29, 0.717) is 6.42 Å². The molecule has 3 N–H and O–H groups in total. The minimum Gasteiger partial charge on any atom is -0.394 e. The van der Waals surface area contributed by atoms with Crippen LogP contribution in [0.25, 0.3) is 0 Å². The number of aliphatic hydroxyl groups excluding tert-OH is 2. The van der Waals surface area contributed by atoms with Gasteiger partial charge in [0.25, 0.3) is 0 Å². The first-order valence-corrected chi connectivity index (χ1v) is 36.1. The second-order valence-electron chi connectivity index (χ2n) is 25.0. The molecule has 0 heterocycles. The lowest BCUT2D eigenvalue weighted by molar-refractivity contribution is -0.123. The third-order valence-corrected chi connectivity index (χ3v) is 17.2. The van der Waals surface area contributed by atoms with Gasteiger partial charge in [0.05, 0.1) is 18.8 Å². The molecule has 0 aliphatic rings. The Balaban J connectivity index is 3.40. The molecule has 0 aromatic heterocycles. The standard InChI is InChI=1S/C73H143NO3/c1-3-5-7-9-11-13-15-17-19-21-23-25-27-29-31-33-35-37-39-41-43-45-47-49-51-53-55-57-59-61-63-65-67-69-73(77)74-71(70-75)72(76)68-66-64-62-60-58-56-54-52-50-48-46-44-42-40-38-36-34-32-30-28-26-24-22-20-18-16-14-12-10-8-6-4-2/h21,23,66,68,71-72,75-76H,3-20,22,24-65,67,69-70H2,1-2H3,(H,74,77)/b23-21-,68-66+. The van der Waals surface area contributed by atoms with Crippen LogP contribution in [0.15, 0.2) is 24.3 Å². The van der Waals surface area contributed by atoms with Gasteiger partial charge in [0.2, 0.25) is 5.91 Å². The third kappa shape index (κ3) is 65.6. The van der Waals surface area contributed by atoms with Crippen LogP contribution < -0.4 is 5.32 Å². The zero-order chi connectivity index (χ0) is 55.5. The first-order valence-electron chi connectivity index (χ1n) is 36.1. The SMILES string of the molecule is CCCCCCCCCC/C=C\CCCCCCCCCCCCCCCCCCCCCCCC(=O)NC(CO)C(O)/C=C/CCCCCCCCCCCCCCCCCCCCCCCCCCCCCCCC. The maximum absolute atomic E-state index is 12.5. The lowest BCUT2D eigenvalue weighted by Crippen LogP contribution is -2.45. The summed E-state index contributed by atoms with van der Waals surface area (Å²) in [6.45, 7) is 4.36. The predicted molar refractivity (Wildman–Crippen MR) is 346 cm³/mol. The Morgan fingerprint density at radius 3 is 0.714 bits per heavy atom. The molecule has 0 aliphatic heterocycles. The Morgan fingerprint density at radius 1 is 0.299 bits per heavy atom. The van der Waals surface area contributed by atoms with Gasteiger partial charge in [-0.2, -0.15) is 0 Å². The number of allylic oxidation sites excluding steroid dienone is 3. The molecule has 0 radical (unpaired) electrons. The molecule has 458 valence electrons. The smallest absolute Gasteiger partial charge is 0.220 e. The summed E-state index contributed by atoms with van der Waals surface area (Å²) in [6, 6.07) is -0.621. The number of unbranched alkanes of at least 4 members (excludes halogenated alkanes) is 59. The van der Waals surface area contributed by atoms with Crippen molar-refractivity contribution in [2.75, 3.05) is 6.61 Å². The van der Waals surface area contributed by atoms with E-state index in [0.717, 1.165) is 25.7 Å². The fourth-order valence-corrected chi connectivity index (χ4v) is 11.7. The Bertz CT molecular complexity index is 1140. The second-order valence-corrected chi connectivity index (χ2v) is 25.0. The van der Waals surface area contributed by atoms with Crippen molar-refractivity contribution in [3.8, 4) is 0 Å². The predicted octanol–water partition coefficient (Wildman–Crippen LogP) is 24.6. The summed E-state index contributed by atoms with van der Waals surface area (Å²) >= 11 is 0. The van der Waals surface area contributed by atoms with Crippen LogP contribution in [0.3, 0.4) is 0 Å². The van der Waals surface area contributed by atoms with Crippen LogP contribution in [0.2, 0.25) is 0 Å². The van der Waals surface area contributed by atoms with Crippen molar-refractivity contribution in [1.82, 2.24) is 5.32 Å². The number of hydrogen-bond acceptors (Lipinski definition) is 3. The number of carbonyl (C=O) groups excluding carboxylic acids is 1. The summed E-state index contributed by atoms with van der Waals surface area (Å²) in [5, 5.41) is 23.3. The molecule has 0 fully saturated rings. The molecule has 4 heteroatoms. The topological polar surface area (TPSA) is 69.6 Å². The highest BCUT2D eigenvalue weighted by Gasteiger charge is 2.18. The molecular formula is C73H143NO3. The van der Waals surface area contributed by atoms with Gasteiger partial charge in [-0.15, -0.1) is 0 Å². The Labute approximate surface area is 485 Å². The summed E-state index contributed by atoms with van der Waals surface area (Å²) in [5.41, 5.74) is 0. The molecule has 2 unspecified atom stereocenters. The van der Waals surface area contributed by atoms with Crippen molar-refractivity contribution in [3.63, 3.8) is 0 Å². The van der Waals surface area contributed by atoms with E-state index in [1.807, 2.05) is 6.08 Å². The molecule has 0 spiro atoms. The van der Waals surface area contributed by atoms with Crippen LogP contribution in [-0.4, -0.2) is 34.9 Å². The van der Waals surface area contributed by atoms with Crippen molar-refractivity contribution in [2.24, 2.45) is 0 Å². The number of carbonyl (C=O) groups is 1. The molecular weight excluding hydrogens is 939 g/mol.